The number of fused-ring (bicyclic) bond motifs is 1. The number of hydrogen-bond acceptors (Lipinski definition) is 1. The highest BCUT2D eigenvalue weighted by Gasteiger charge is 2.24. The van der Waals surface area contributed by atoms with Crippen LogP contribution in [0.4, 0.5) is 8.78 Å². The van der Waals surface area contributed by atoms with Crippen LogP contribution in [-0.2, 0) is 0 Å². The number of amides is 1. The number of hydrogen-bond donors (Lipinski definition) is 2. The second-order valence-electron chi connectivity index (χ2n) is 3.81. The molecule has 3 nitrogen and oxygen atoms in total. The van der Waals surface area contributed by atoms with E-state index in [1.807, 2.05) is 0 Å². The maximum absolute atomic E-state index is 13.7. The third-order valence-electron chi connectivity index (χ3n) is 2.82. The van der Waals surface area contributed by atoms with Gasteiger partial charge in [-0.2, -0.15) is 0 Å². The van der Waals surface area contributed by atoms with Crippen LogP contribution in [-0.4, -0.2) is 10.9 Å². The molecule has 2 rings (SSSR count). The normalized spacial score (nSPS) is 11.1. The number of nitrogens with two attached hydrogens (primary N) is 1. The van der Waals surface area contributed by atoms with Crippen molar-refractivity contribution >= 4 is 32.7 Å². The van der Waals surface area contributed by atoms with Gasteiger partial charge >= 0.3 is 0 Å². The van der Waals surface area contributed by atoms with Gasteiger partial charge in [0.25, 0.3) is 5.91 Å². The van der Waals surface area contributed by atoms with E-state index in [-0.39, 0.29) is 9.99 Å². The van der Waals surface area contributed by atoms with Crippen molar-refractivity contribution in [1.82, 2.24) is 4.98 Å². The van der Waals surface area contributed by atoms with E-state index in [9.17, 15) is 13.6 Å². The molecule has 1 aromatic carbocycles. The van der Waals surface area contributed by atoms with Gasteiger partial charge in [0.2, 0.25) is 0 Å². The summed E-state index contributed by atoms with van der Waals surface area (Å²) in [6.07, 6.45) is 0. The largest absolute Gasteiger partial charge is 0.365 e. The average molecular weight is 303 g/mol. The summed E-state index contributed by atoms with van der Waals surface area (Å²) >= 11 is 2.99. The Balaban J connectivity index is 3.09. The van der Waals surface area contributed by atoms with Gasteiger partial charge in [-0.25, -0.2) is 8.78 Å². The molecule has 0 saturated carbocycles. The van der Waals surface area contributed by atoms with Crippen molar-refractivity contribution in [1.29, 1.82) is 0 Å². The van der Waals surface area contributed by atoms with Crippen LogP contribution in [0.25, 0.3) is 10.9 Å². The van der Waals surface area contributed by atoms with Gasteiger partial charge in [0.1, 0.15) is 5.56 Å². The Kier molecular flexibility index (Phi) is 2.69. The zero-order valence-corrected chi connectivity index (χ0v) is 10.7. The average Bonchev–Trinajstić information content (AvgIpc) is 2.52. The van der Waals surface area contributed by atoms with Crippen molar-refractivity contribution in [2.24, 2.45) is 5.73 Å². The number of carbonyl (C=O) groups excluding carboxylic acids is 1. The standard InChI is InChI=1S/C11H9BrF2N2O/c1-3-4(2)16-10-5(3)7(12)9(14)8(13)6(10)11(15)17/h16H,1-2H3,(H2,15,17). The molecule has 1 aromatic heterocycles. The Morgan fingerprint density at radius 1 is 1.29 bits per heavy atom. The monoisotopic (exact) mass is 302 g/mol. The number of halogens is 3. The fourth-order valence-corrected chi connectivity index (χ4v) is 2.51. The number of primary amides is 1. The molecule has 0 radical (unpaired) electrons. The Morgan fingerprint density at radius 3 is 2.41 bits per heavy atom. The lowest BCUT2D eigenvalue weighted by molar-refractivity contribution is 0.0997. The number of H-pyrrole nitrogens is 1. The number of nitrogens with one attached hydrogen (secondary N) is 1. The topological polar surface area (TPSA) is 58.9 Å². The number of rotatable bonds is 1. The minimum absolute atomic E-state index is 0.00292. The zero-order chi connectivity index (χ0) is 12.9. The molecule has 90 valence electrons. The molecule has 0 atom stereocenters. The maximum atomic E-state index is 13.7. The van der Waals surface area contributed by atoms with Crippen LogP contribution >= 0.6 is 15.9 Å². The number of aromatic amines is 1. The molecular weight excluding hydrogens is 294 g/mol. The zero-order valence-electron chi connectivity index (χ0n) is 9.12. The van der Waals surface area contributed by atoms with E-state index in [0.29, 0.717) is 5.39 Å². The molecule has 2 aromatic rings. The van der Waals surface area contributed by atoms with Crippen LogP contribution in [0.2, 0.25) is 0 Å². The molecule has 17 heavy (non-hydrogen) atoms. The summed E-state index contributed by atoms with van der Waals surface area (Å²) in [5.41, 5.74) is 6.32. The predicted molar refractivity (Wildman–Crippen MR) is 63.9 cm³/mol. The van der Waals surface area contributed by atoms with Crippen molar-refractivity contribution in [3.8, 4) is 0 Å². The van der Waals surface area contributed by atoms with Gasteiger partial charge in [0, 0.05) is 11.1 Å². The predicted octanol–water partition coefficient (Wildman–Crippen LogP) is 2.92. The van der Waals surface area contributed by atoms with Crippen LogP contribution in [0.3, 0.4) is 0 Å². The Bertz CT molecular complexity index is 649. The first-order valence-corrected chi connectivity index (χ1v) is 5.60. The molecule has 0 aliphatic rings. The molecule has 0 spiro atoms. The SMILES string of the molecule is Cc1[nH]c2c(C(N)=O)c(F)c(F)c(Br)c2c1C. The second-order valence-corrected chi connectivity index (χ2v) is 4.60. The first-order chi connectivity index (χ1) is 7.86. The van der Waals surface area contributed by atoms with Gasteiger partial charge in [0.15, 0.2) is 11.6 Å². The summed E-state index contributed by atoms with van der Waals surface area (Å²) in [5, 5.41) is 0.440. The molecular formula is C11H9BrF2N2O. The lowest BCUT2D eigenvalue weighted by Gasteiger charge is -2.05. The third-order valence-corrected chi connectivity index (χ3v) is 3.57. The van der Waals surface area contributed by atoms with E-state index in [0.717, 1.165) is 11.3 Å². The molecule has 1 heterocycles. The lowest BCUT2D eigenvalue weighted by atomic mass is 10.1. The van der Waals surface area contributed by atoms with E-state index in [1.54, 1.807) is 13.8 Å². The molecule has 0 fully saturated rings. The quantitative estimate of drug-likeness (QED) is 0.782. The van der Waals surface area contributed by atoms with Crippen LogP contribution in [0.1, 0.15) is 21.6 Å². The number of aryl methyl sites for hydroxylation is 2. The number of benzene rings is 1. The smallest absolute Gasteiger partial charge is 0.253 e. The van der Waals surface area contributed by atoms with Crippen LogP contribution in [0.15, 0.2) is 4.47 Å². The molecule has 0 unspecified atom stereocenters. The van der Waals surface area contributed by atoms with Gasteiger partial charge in [-0.3, -0.25) is 4.79 Å². The second kappa shape index (κ2) is 3.80. The third kappa shape index (κ3) is 1.55. The maximum Gasteiger partial charge on any atom is 0.253 e. The van der Waals surface area contributed by atoms with E-state index in [2.05, 4.69) is 20.9 Å². The van der Waals surface area contributed by atoms with Crippen molar-refractivity contribution in [2.75, 3.05) is 0 Å². The summed E-state index contributed by atoms with van der Waals surface area (Å²) in [5.74, 6) is -3.34. The highest BCUT2D eigenvalue weighted by molar-refractivity contribution is 9.10. The fourth-order valence-electron chi connectivity index (χ4n) is 1.84. The molecule has 6 heteroatoms. The minimum Gasteiger partial charge on any atom is -0.365 e. The van der Waals surface area contributed by atoms with Crippen molar-refractivity contribution in [2.45, 2.75) is 13.8 Å². The molecule has 0 aliphatic heterocycles. The fraction of sp³-hybridized carbons (Fsp3) is 0.182. The van der Waals surface area contributed by atoms with E-state index >= 15 is 0 Å². The number of aromatic nitrogens is 1. The van der Waals surface area contributed by atoms with Gasteiger partial charge in [0.05, 0.1) is 9.99 Å². The van der Waals surface area contributed by atoms with Gasteiger partial charge in [-0.1, -0.05) is 0 Å². The summed E-state index contributed by atoms with van der Waals surface area (Å²) in [6.45, 7) is 3.50. The Morgan fingerprint density at radius 2 is 1.88 bits per heavy atom. The van der Waals surface area contributed by atoms with Crippen LogP contribution in [0.5, 0.6) is 0 Å². The Hall–Kier alpha value is -1.43. The van der Waals surface area contributed by atoms with Crippen molar-refractivity contribution < 1.29 is 13.6 Å². The molecule has 0 bridgehead atoms. The van der Waals surface area contributed by atoms with E-state index in [1.165, 1.54) is 0 Å². The van der Waals surface area contributed by atoms with Crippen LogP contribution in [0, 0.1) is 25.5 Å². The first kappa shape index (κ1) is 12.0. The van der Waals surface area contributed by atoms with Crippen LogP contribution < -0.4 is 5.73 Å². The number of carbonyl (C=O) groups is 1. The van der Waals surface area contributed by atoms with E-state index < -0.39 is 23.1 Å². The highest BCUT2D eigenvalue weighted by Crippen LogP contribution is 2.35. The summed E-state index contributed by atoms with van der Waals surface area (Å²) in [6, 6.07) is 0. The highest BCUT2D eigenvalue weighted by atomic mass is 79.9. The summed E-state index contributed by atoms with van der Waals surface area (Å²) in [7, 11) is 0. The molecule has 1 amide bonds. The Labute approximate surface area is 104 Å². The molecule has 3 N–H and O–H groups in total. The van der Waals surface area contributed by atoms with Gasteiger partial charge in [-0.15, -0.1) is 0 Å². The van der Waals surface area contributed by atoms with Crippen molar-refractivity contribution in [3.05, 3.63) is 32.9 Å². The van der Waals surface area contributed by atoms with Crippen molar-refractivity contribution in [3.63, 3.8) is 0 Å². The van der Waals surface area contributed by atoms with Gasteiger partial charge in [-0.05, 0) is 35.3 Å². The lowest BCUT2D eigenvalue weighted by Crippen LogP contribution is -2.15. The summed E-state index contributed by atoms with van der Waals surface area (Å²) < 4.78 is 27.3. The first-order valence-electron chi connectivity index (χ1n) is 4.81. The minimum atomic E-state index is -1.24. The molecule has 0 saturated heterocycles. The van der Waals surface area contributed by atoms with Gasteiger partial charge < -0.3 is 10.7 Å². The molecule has 0 aliphatic carbocycles. The summed E-state index contributed by atoms with van der Waals surface area (Å²) in [4.78, 5) is 14.0. The van der Waals surface area contributed by atoms with E-state index in [4.69, 9.17) is 5.73 Å².